The molecule has 0 saturated carbocycles. The number of esters is 1. The summed E-state index contributed by atoms with van der Waals surface area (Å²) in [5.74, 6) is -0.371. The van der Waals surface area contributed by atoms with E-state index in [-0.39, 0.29) is 18.7 Å². The number of methoxy groups -OCH3 is 1. The molecule has 0 aliphatic carbocycles. The number of rotatable bonds is 9. The van der Waals surface area contributed by atoms with Gasteiger partial charge in [-0.1, -0.05) is 26.2 Å². The lowest BCUT2D eigenvalue weighted by Gasteiger charge is -2.16. The number of unbranched alkanes of at least 4 members (excludes halogenated alkanes) is 3. The van der Waals surface area contributed by atoms with E-state index in [4.69, 9.17) is 15.2 Å². The van der Waals surface area contributed by atoms with Gasteiger partial charge in [0.05, 0.1) is 12.7 Å². The number of hydrogen-bond acceptors (Lipinski definition) is 4. The minimum atomic E-state index is -0.664. The molecule has 0 aliphatic heterocycles. The van der Waals surface area contributed by atoms with Crippen molar-refractivity contribution in [3.05, 3.63) is 0 Å². The zero-order valence-electron chi connectivity index (χ0n) is 10.7. The first kappa shape index (κ1) is 15.4. The Balaban J connectivity index is 3.61. The van der Waals surface area contributed by atoms with E-state index in [0.29, 0.717) is 0 Å². The Morgan fingerprint density at radius 2 is 2.00 bits per heavy atom. The first-order chi connectivity index (χ1) is 7.61. The van der Waals surface area contributed by atoms with Crippen LogP contribution in [0.1, 0.15) is 46.0 Å². The Bertz CT molecular complexity index is 185. The van der Waals surface area contributed by atoms with Crippen LogP contribution < -0.4 is 5.73 Å². The average Bonchev–Trinajstić information content (AvgIpc) is 2.24. The summed E-state index contributed by atoms with van der Waals surface area (Å²) in [6, 6.07) is -0.664. The molecule has 0 aliphatic rings. The second-order valence-corrected chi connectivity index (χ2v) is 4.16. The van der Waals surface area contributed by atoms with E-state index in [2.05, 4.69) is 6.92 Å². The number of carbonyl (C=O) groups excluding carboxylic acids is 1. The van der Waals surface area contributed by atoms with Gasteiger partial charge in [0, 0.05) is 7.11 Å². The molecule has 16 heavy (non-hydrogen) atoms. The van der Waals surface area contributed by atoms with E-state index in [1.54, 1.807) is 0 Å². The predicted octanol–water partition coefficient (Wildman–Crippen LogP) is 1.86. The predicted molar refractivity (Wildman–Crippen MR) is 64.2 cm³/mol. The summed E-state index contributed by atoms with van der Waals surface area (Å²) in [4.78, 5) is 11.4. The van der Waals surface area contributed by atoms with E-state index in [0.717, 1.165) is 12.8 Å². The van der Waals surface area contributed by atoms with Gasteiger partial charge in [-0.2, -0.15) is 0 Å². The average molecular weight is 231 g/mol. The molecular formula is C12H25NO3. The van der Waals surface area contributed by atoms with Crippen molar-refractivity contribution in [1.82, 2.24) is 0 Å². The smallest absolute Gasteiger partial charge is 0.325 e. The first-order valence-corrected chi connectivity index (χ1v) is 6.06. The molecule has 96 valence electrons. The van der Waals surface area contributed by atoms with Crippen molar-refractivity contribution in [2.75, 3.05) is 13.7 Å². The summed E-state index contributed by atoms with van der Waals surface area (Å²) in [5.41, 5.74) is 5.55. The molecule has 2 unspecified atom stereocenters. The molecule has 0 aromatic rings. The molecule has 2 atom stereocenters. The second kappa shape index (κ2) is 9.60. The van der Waals surface area contributed by atoms with Crippen LogP contribution in [0.2, 0.25) is 0 Å². The van der Waals surface area contributed by atoms with Gasteiger partial charge in [-0.3, -0.25) is 4.79 Å². The third kappa shape index (κ3) is 7.65. The highest BCUT2D eigenvalue weighted by atomic mass is 16.5. The summed E-state index contributed by atoms with van der Waals surface area (Å²) in [6.45, 7) is 4.29. The quantitative estimate of drug-likeness (QED) is 0.486. The van der Waals surface area contributed by atoms with Crippen molar-refractivity contribution < 1.29 is 14.3 Å². The van der Waals surface area contributed by atoms with Gasteiger partial charge >= 0.3 is 5.97 Å². The summed E-state index contributed by atoms with van der Waals surface area (Å²) in [5, 5.41) is 0. The van der Waals surface area contributed by atoms with Crippen LogP contribution in [0.25, 0.3) is 0 Å². The van der Waals surface area contributed by atoms with Gasteiger partial charge in [0.15, 0.2) is 0 Å². The van der Waals surface area contributed by atoms with Crippen LogP contribution in [0.4, 0.5) is 0 Å². The van der Waals surface area contributed by atoms with Crippen LogP contribution in [-0.4, -0.2) is 31.8 Å². The Morgan fingerprint density at radius 3 is 2.56 bits per heavy atom. The van der Waals surface area contributed by atoms with Gasteiger partial charge < -0.3 is 15.2 Å². The van der Waals surface area contributed by atoms with Crippen molar-refractivity contribution in [2.45, 2.75) is 58.1 Å². The number of nitrogens with two attached hydrogens (primary N) is 1. The van der Waals surface area contributed by atoms with Crippen molar-refractivity contribution in [2.24, 2.45) is 5.73 Å². The highest BCUT2D eigenvalue weighted by Crippen LogP contribution is 2.08. The number of hydrogen-bond donors (Lipinski definition) is 1. The Hall–Kier alpha value is -0.610. The maximum absolute atomic E-state index is 11.4. The Kier molecular flexibility index (Phi) is 9.24. The van der Waals surface area contributed by atoms with Gasteiger partial charge in [0.25, 0.3) is 0 Å². The molecule has 0 rings (SSSR count). The second-order valence-electron chi connectivity index (χ2n) is 4.16. The molecule has 0 spiro atoms. The van der Waals surface area contributed by atoms with E-state index < -0.39 is 6.04 Å². The van der Waals surface area contributed by atoms with Crippen LogP contribution in [0.5, 0.6) is 0 Å². The monoisotopic (exact) mass is 231 g/mol. The molecule has 0 radical (unpaired) electrons. The van der Waals surface area contributed by atoms with Crippen molar-refractivity contribution in [3.8, 4) is 0 Å². The third-order valence-electron chi connectivity index (χ3n) is 2.43. The molecule has 2 N–H and O–H groups in total. The third-order valence-corrected chi connectivity index (χ3v) is 2.43. The normalized spacial score (nSPS) is 14.5. The van der Waals surface area contributed by atoms with Gasteiger partial charge in [0.2, 0.25) is 0 Å². The lowest BCUT2D eigenvalue weighted by atomic mass is 10.1. The molecule has 0 saturated heterocycles. The number of ether oxygens (including phenoxy) is 2. The van der Waals surface area contributed by atoms with Crippen molar-refractivity contribution >= 4 is 5.97 Å². The highest BCUT2D eigenvalue weighted by molar-refractivity contribution is 5.75. The molecule has 0 amide bonds. The largest absolute Gasteiger partial charge is 0.461 e. The van der Waals surface area contributed by atoms with E-state index in [1.165, 1.54) is 26.4 Å². The molecule has 0 aromatic carbocycles. The molecule has 0 heterocycles. The van der Waals surface area contributed by atoms with Crippen LogP contribution in [0, 0.1) is 0 Å². The van der Waals surface area contributed by atoms with Crippen LogP contribution in [0.15, 0.2) is 0 Å². The summed E-state index contributed by atoms with van der Waals surface area (Å²) in [6.07, 6.45) is 5.61. The highest BCUT2D eigenvalue weighted by Gasteiger charge is 2.17. The summed E-state index contributed by atoms with van der Waals surface area (Å²) >= 11 is 0. The minimum Gasteiger partial charge on any atom is -0.461 e. The fraction of sp³-hybridized carbons (Fsp3) is 0.917. The fourth-order valence-corrected chi connectivity index (χ4v) is 1.45. The molecular weight excluding hydrogens is 206 g/mol. The molecule has 0 aromatic heterocycles. The lowest BCUT2D eigenvalue weighted by Crippen LogP contribution is -2.37. The summed E-state index contributed by atoms with van der Waals surface area (Å²) < 4.78 is 9.99. The zero-order chi connectivity index (χ0) is 12.4. The van der Waals surface area contributed by atoms with Crippen LogP contribution >= 0.6 is 0 Å². The zero-order valence-corrected chi connectivity index (χ0v) is 10.7. The van der Waals surface area contributed by atoms with Crippen LogP contribution in [-0.2, 0) is 14.3 Å². The fourth-order valence-electron chi connectivity index (χ4n) is 1.45. The molecule has 4 heteroatoms. The van der Waals surface area contributed by atoms with Crippen molar-refractivity contribution in [1.29, 1.82) is 0 Å². The van der Waals surface area contributed by atoms with Gasteiger partial charge in [-0.15, -0.1) is 0 Å². The number of carbonyl (C=O) groups is 1. The van der Waals surface area contributed by atoms with E-state index in [1.807, 2.05) is 6.92 Å². The SMILES string of the molecule is CCCCCCC(C)OC(=O)C(N)COC. The van der Waals surface area contributed by atoms with Crippen molar-refractivity contribution in [3.63, 3.8) is 0 Å². The topological polar surface area (TPSA) is 61.5 Å². The summed E-state index contributed by atoms with van der Waals surface area (Å²) in [7, 11) is 1.52. The maximum Gasteiger partial charge on any atom is 0.325 e. The molecule has 0 fully saturated rings. The minimum absolute atomic E-state index is 0.0488. The maximum atomic E-state index is 11.4. The standard InChI is InChI=1S/C12H25NO3/c1-4-5-6-7-8-10(2)16-12(14)11(13)9-15-3/h10-11H,4-9,13H2,1-3H3. The molecule has 0 bridgehead atoms. The Labute approximate surface area is 98.5 Å². The van der Waals surface area contributed by atoms with Gasteiger partial charge in [-0.05, 0) is 19.8 Å². The van der Waals surface area contributed by atoms with Gasteiger partial charge in [-0.25, -0.2) is 0 Å². The molecule has 4 nitrogen and oxygen atoms in total. The first-order valence-electron chi connectivity index (χ1n) is 6.06. The van der Waals surface area contributed by atoms with E-state index >= 15 is 0 Å². The Morgan fingerprint density at radius 1 is 1.31 bits per heavy atom. The lowest BCUT2D eigenvalue weighted by molar-refractivity contribution is -0.151. The van der Waals surface area contributed by atoms with E-state index in [9.17, 15) is 4.79 Å². The van der Waals surface area contributed by atoms with Gasteiger partial charge in [0.1, 0.15) is 6.04 Å². The van der Waals surface area contributed by atoms with Crippen LogP contribution in [0.3, 0.4) is 0 Å².